The van der Waals surface area contributed by atoms with Crippen LogP contribution in [0.4, 0.5) is 11.6 Å². The monoisotopic (exact) mass is 434 g/mol. The summed E-state index contributed by atoms with van der Waals surface area (Å²) in [5, 5.41) is 10.3. The smallest absolute Gasteiger partial charge is 0.273 e. The average Bonchev–Trinajstić information content (AvgIpc) is 3.20. The average molecular weight is 435 g/mol. The topological polar surface area (TPSA) is 130 Å². The Bertz CT molecular complexity index is 1250. The van der Waals surface area contributed by atoms with E-state index < -0.39 is 15.9 Å². The number of aromatic amines is 1. The number of nitrogens with zero attached hydrogens (tertiary/aromatic N) is 3. The van der Waals surface area contributed by atoms with Gasteiger partial charge < -0.3 is 5.32 Å². The highest BCUT2D eigenvalue weighted by molar-refractivity contribution is 7.92. The highest BCUT2D eigenvalue weighted by atomic mass is 32.2. The molecule has 3 aromatic rings. The van der Waals surface area contributed by atoms with Crippen LogP contribution < -0.4 is 10.0 Å². The van der Waals surface area contributed by atoms with E-state index in [-0.39, 0.29) is 8.49 Å². The van der Waals surface area contributed by atoms with Crippen LogP contribution in [-0.4, -0.2) is 34.5 Å². The number of terminal acetylenes is 1. The van der Waals surface area contributed by atoms with E-state index in [1.54, 1.807) is 6.07 Å². The van der Waals surface area contributed by atoms with Gasteiger partial charge in [0.05, 0.1) is 10.4 Å². The van der Waals surface area contributed by atoms with Gasteiger partial charge >= 0.3 is 0 Å². The summed E-state index contributed by atoms with van der Waals surface area (Å²) < 4.78 is 26.2. The lowest BCUT2D eigenvalue weighted by molar-refractivity contribution is -0.117. The summed E-state index contributed by atoms with van der Waals surface area (Å²) >= 11 is 0.951. The van der Waals surface area contributed by atoms with Crippen molar-refractivity contribution in [3.8, 4) is 23.0 Å². The molecule has 154 valence electrons. The van der Waals surface area contributed by atoms with Crippen LogP contribution in [0, 0.1) is 12.3 Å². The fourth-order valence-electron chi connectivity index (χ4n) is 2.65. The Balaban J connectivity index is 0.00000171. The van der Waals surface area contributed by atoms with Gasteiger partial charge in [0.25, 0.3) is 10.0 Å². The molecule has 9 nitrogen and oxygen atoms in total. The maximum absolute atomic E-state index is 12.1. The number of aromatic nitrogens is 4. The summed E-state index contributed by atoms with van der Waals surface area (Å²) in [6.45, 7) is 1.13. The Morgan fingerprint density at radius 1 is 1.41 bits per heavy atom. The second kappa shape index (κ2) is 7.31. The van der Waals surface area contributed by atoms with Crippen molar-refractivity contribution in [2.24, 2.45) is 0 Å². The zero-order chi connectivity index (χ0) is 20.6. The lowest BCUT2D eigenvalue weighted by atomic mass is 10.3. The van der Waals surface area contributed by atoms with Gasteiger partial charge in [0, 0.05) is 35.1 Å². The molecule has 3 N–H and O–H groups in total. The van der Waals surface area contributed by atoms with Gasteiger partial charge in [-0.2, -0.15) is 5.10 Å². The van der Waals surface area contributed by atoms with Crippen molar-refractivity contribution in [1.29, 1.82) is 0 Å². The first kappa shape index (κ1) is 19.1. The molecule has 0 bridgehead atoms. The second-order valence-electron chi connectivity index (χ2n) is 6.49. The Morgan fingerprint density at radius 3 is 2.90 bits per heavy atom. The van der Waals surface area contributed by atoms with Gasteiger partial charge in [-0.05, 0) is 25.0 Å². The van der Waals surface area contributed by atoms with E-state index in [0.717, 1.165) is 36.8 Å². The molecule has 1 aliphatic rings. The van der Waals surface area contributed by atoms with Crippen LogP contribution in [-0.2, 0) is 14.8 Å². The molecule has 0 saturated heterocycles. The third kappa shape index (κ3) is 4.13. The molecule has 1 amide bonds. The molecule has 3 heterocycles. The molecule has 4 rings (SSSR count). The van der Waals surface area contributed by atoms with Gasteiger partial charge in [0.2, 0.25) is 5.91 Å². The van der Waals surface area contributed by atoms with E-state index in [2.05, 4.69) is 31.4 Å². The predicted molar refractivity (Wildman–Crippen MR) is 114 cm³/mol. The third-order valence-electron chi connectivity index (χ3n) is 4.15. The Labute approximate surface area is 175 Å². The van der Waals surface area contributed by atoms with Crippen molar-refractivity contribution in [2.45, 2.75) is 29.9 Å². The quantitative estimate of drug-likeness (QED) is 0.508. The number of anilines is 2. The zero-order valence-electron chi connectivity index (χ0n) is 15.3. The van der Waals surface area contributed by atoms with Crippen LogP contribution in [0.1, 0.15) is 41.2 Å². The van der Waals surface area contributed by atoms with E-state index in [0.29, 0.717) is 33.8 Å². The number of hydrogen-bond donors (Lipinski definition) is 3. The molecule has 1 saturated carbocycles. The van der Waals surface area contributed by atoms with Gasteiger partial charge in [0.1, 0.15) is 4.21 Å². The molecule has 0 radical (unpaired) electrons. The molecular weight excluding hydrogens is 412 g/mol. The second-order valence-corrected chi connectivity index (χ2v) is 9.48. The SMILES string of the molecule is C#Cc1cnc(-c2ccc(S(=O)(=O)NC(C)=O)s2)nc1Nc1cc(C2CC2)[nH]n1.[HH].[HH].[HH]. The normalized spacial score (nSPS) is 13.7. The van der Waals surface area contributed by atoms with E-state index in [4.69, 9.17) is 6.42 Å². The van der Waals surface area contributed by atoms with Crippen molar-refractivity contribution in [2.75, 3.05) is 5.32 Å². The zero-order valence-corrected chi connectivity index (χ0v) is 16.9. The van der Waals surface area contributed by atoms with Crippen molar-refractivity contribution >= 4 is 38.9 Å². The molecule has 0 aromatic carbocycles. The molecule has 29 heavy (non-hydrogen) atoms. The minimum absolute atomic E-state index is 0. The first-order valence-corrected chi connectivity index (χ1v) is 11.0. The standard InChI is InChI=1S/C18H16N6O3S2.3H2/c1-3-11-9-19-18(14-6-7-16(28-14)29(26,27)24-10(2)25)21-17(11)20-15-8-13(22-23-15)12-4-5-12;;;/h1,6-9,12H,4-5H2,2H3,(H,24,25)(H2,19,20,21,22,23);3*1H. The number of sulfonamides is 1. The molecule has 0 unspecified atom stereocenters. The number of carbonyl (C=O) groups excluding carboxylic acids is 1. The Hall–Kier alpha value is -3.23. The van der Waals surface area contributed by atoms with Crippen molar-refractivity contribution in [3.63, 3.8) is 0 Å². The largest absolute Gasteiger partial charge is 0.322 e. The third-order valence-corrected chi connectivity index (χ3v) is 7.16. The fraction of sp³-hybridized carbons (Fsp3) is 0.222. The minimum Gasteiger partial charge on any atom is -0.322 e. The number of thiophene rings is 1. The molecule has 0 aliphatic heterocycles. The maximum Gasteiger partial charge on any atom is 0.273 e. The summed E-state index contributed by atoms with van der Waals surface area (Å²) in [4.78, 5) is 20.3. The molecule has 0 spiro atoms. The van der Waals surface area contributed by atoms with Crippen LogP contribution >= 0.6 is 11.3 Å². The highest BCUT2D eigenvalue weighted by Crippen LogP contribution is 2.39. The van der Waals surface area contributed by atoms with E-state index >= 15 is 0 Å². The summed E-state index contributed by atoms with van der Waals surface area (Å²) in [5.74, 6) is 3.68. The Morgan fingerprint density at radius 2 is 2.21 bits per heavy atom. The van der Waals surface area contributed by atoms with Gasteiger partial charge in [-0.15, -0.1) is 17.8 Å². The van der Waals surface area contributed by atoms with E-state index in [9.17, 15) is 13.2 Å². The molecule has 3 aromatic heterocycles. The number of H-pyrrole nitrogens is 1. The highest BCUT2D eigenvalue weighted by Gasteiger charge is 2.25. The van der Waals surface area contributed by atoms with Crippen LogP contribution in [0.5, 0.6) is 0 Å². The summed E-state index contributed by atoms with van der Waals surface area (Å²) in [6, 6.07) is 4.89. The predicted octanol–water partition coefficient (Wildman–Crippen LogP) is 3.09. The lowest BCUT2D eigenvalue weighted by Gasteiger charge is -2.06. The first-order chi connectivity index (χ1) is 13.9. The number of rotatable bonds is 6. The summed E-state index contributed by atoms with van der Waals surface area (Å²) in [5.41, 5.74) is 1.52. The number of amides is 1. The molecule has 11 heteroatoms. The number of carbonyl (C=O) groups is 1. The maximum atomic E-state index is 12.1. The lowest BCUT2D eigenvalue weighted by Crippen LogP contribution is -2.27. The van der Waals surface area contributed by atoms with Crippen molar-refractivity contribution < 1.29 is 17.5 Å². The van der Waals surface area contributed by atoms with Crippen LogP contribution in [0.25, 0.3) is 10.7 Å². The van der Waals surface area contributed by atoms with Gasteiger partial charge in [-0.1, -0.05) is 5.92 Å². The van der Waals surface area contributed by atoms with Gasteiger partial charge in [-0.25, -0.2) is 23.1 Å². The molecule has 0 atom stereocenters. The van der Waals surface area contributed by atoms with Crippen LogP contribution in [0.15, 0.2) is 28.6 Å². The van der Waals surface area contributed by atoms with Crippen molar-refractivity contribution in [1.82, 2.24) is 24.9 Å². The first-order valence-electron chi connectivity index (χ1n) is 8.65. The number of hydrogen-bond acceptors (Lipinski definition) is 8. The van der Waals surface area contributed by atoms with Gasteiger partial charge in [-0.3, -0.25) is 9.89 Å². The Kier molecular flexibility index (Phi) is 4.81. The molecule has 1 fully saturated rings. The van der Waals surface area contributed by atoms with Crippen molar-refractivity contribution in [3.05, 3.63) is 35.7 Å². The molecule has 1 aliphatic carbocycles. The van der Waals surface area contributed by atoms with Gasteiger partial charge in [0.15, 0.2) is 17.5 Å². The number of nitrogens with one attached hydrogen (secondary N) is 3. The summed E-state index contributed by atoms with van der Waals surface area (Å²) in [7, 11) is -3.92. The molecular formula is C18H22N6O3S2. The summed E-state index contributed by atoms with van der Waals surface area (Å²) in [6.07, 6.45) is 9.34. The van der Waals surface area contributed by atoms with Crippen LogP contribution in [0.3, 0.4) is 0 Å². The van der Waals surface area contributed by atoms with Crippen LogP contribution in [0.2, 0.25) is 0 Å². The fourth-order valence-corrected chi connectivity index (χ4v) is 4.89. The van der Waals surface area contributed by atoms with E-state index in [1.165, 1.54) is 12.3 Å². The van der Waals surface area contributed by atoms with E-state index in [1.807, 2.05) is 10.8 Å². The minimum atomic E-state index is -3.92.